The van der Waals surface area contributed by atoms with Gasteiger partial charge in [0, 0.05) is 18.7 Å². The molecular formula is C27H39NO4Si. The summed E-state index contributed by atoms with van der Waals surface area (Å²) in [6.45, 7) is 14.4. The van der Waals surface area contributed by atoms with E-state index in [1.165, 1.54) is 0 Å². The normalized spacial score (nSPS) is 12.9. The van der Waals surface area contributed by atoms with E-state index in [0.717, 1.165) is 12.0 Å². The Bertz CT molecular complexity index is 872. The van der Waals surface area contributed by atoms with Crippen molar-refractivity contribution in [1.82, 2.24) is 5.32 Å². The SMILES string of the molecule is CC(C)[Si](OCCc1ccc(C(CNC(=O)c2ccccc2)C(=O)O)cc1)(C(C)C)C(C)C. The van der Waals surface area contributed by atoms with Crippen LogP contribution in [0.25, 0.3) is 0 Å². The van der Waals surface area contributed by atoms with Gasteiger partial charge < -0.3 is 14.8 Å². The van der Waals surface area contributed by atoms with Gasteiger partial charge in [0.25, 0.3) is 5.91 Å². The number of carboxylic acid groups (broad SMARTS) is 1. The second-order valence-corrected chi connectivity index (χ2v) is 15.1. The Kier molecular flexibility index (Phi) is 9.86. The number of hydrogen-bond donors (Lipinski definition) is 2. The van der Waals surface area contributed by atoms with Crippen LogP contribution in [0.3, 0.4) is 0 Å². The molecule has 0 fully saturated rings. The Morgan fingerprint density at radius 1 is 0.879 bits per heavy atom. The van der Waals surface area contributed by atoms with Gasteiger partial charge in [-0.3, -0.25) is 9.59 Å². The Morgan fingerprint density at radius 2 is 1.42 bits per heavy atom. The van der Waals surface area contributed by atoms with Gasteiger partial charge in [-0.2, -0.15) is 0 Å². The average molecular weight is 470 g/mol. The first-order valence-corrected chi connectivity index (χ1v) is 14.0. The van der Waals surface area contributed by atoms with Crippen LogP contribution in [0.5, 0.6) is 0 Å². The smallest absolute Gasteiger partial charge is 0.312 e. The number of carbonyl (C=O) groups excluding carboxylic acids is 1. The third-order valence-corrected chi connectivity index (χ3v) is 12.8. The van der Waals surface area contributed by atoms with Crippen LogP contribution in [0.1, 0.15) is 68.9 Å². The molecule has 0 bridgehead atoms. The molecule has 33 heavy (non-hydrogen) atoms. The lowest BCUT2D eigenvalue weighted by Gasteiger charge is -2.42. The first-order chi connectivity index (χ1) is 15.6. The summed E-state index contributed by atoms with van der Waals surface area (Å²) in [7, 11) is -1.89. The van der Waals surface area contributed by atoms with E-state index in [1.807, 2.05) is 30.3 Å². The van der Waals surface area contributed by atoms with E-state index in [0.29, 0.717) is 34.4 Å². The molecule has 0 saturated carbocycles. The number of benzene rings is 2. The predicted octanol–water partition coefficient (Wildman–Crippen LogP) is 6.02. The zero-order valence-electron chi connectivity index (χ0n) is 20.8. The fraction of sp³-hybridized carbons (Fsp3) is 0.481. The maximum Gasteiger partial charge on any atom is 0.312 e. The minimum atomic E-state index is -1.89. The van der Waals surface area contributed by atoms with Crippen molar-refractivity contribution in [3.05, 3.63) is 71.3 Å². The highest BCUT2D eigenvalue weighted by Crippen LogP contribution is 2.42. The third-order valence-electron chi connectivity index (χ3n) is 6.63. The summed E-state index contributed by atoms with van der Waals surface area (Å²) in [4.78, 5) is 24.1. The molecule has 2 aromatic carbocycles. The summed E-state index contributed by atoms with van der Waals surface area (Å²) in [6.07, 6.45) is 0.795. The molecule has 0 aliphatic rings. The maximum atomic E-state index is 12.3. The van der Waals surface area contributed by atoms with Gasteiger partial charge in [-0.15, -0.1) is 0 Å². The summed E-state index contributed by atoms with van der Waals surface area (Å²) in [5.41, 5.74) is 3.94. The first-order valence-electron chi connectivity index (χ1n) is 11.9. The van der Waals surface area contributed by atoms with Crippen molar-refractivity contribution in [2.75, 3.05) is 13.2 Å². The highest BCUT2D eigenvalue weighted by atomic mass is 28.4. The van der Waals surface area contributed by atoms with Crippen molar-refractivity contribution in [3.8, 4) is 0 Å². The molecule has 0 spiro atoms. The standard InChI is InChI=1S/C27H39NO4Si/c1-19(2)33(20(3)4,21(5)6)32-17-16-22-12-14-23(15-13-22)25(27(30)31)18-28-26(29)24-10-8-7-9-11-24/h7-15,19-21,25H,16-18H2,1-6H3,(H,28,29)(H,30,31). The van der Waals surface area contributed by atoms with E-state index >= 15 is 0 Å². The number of aliphatic carboxylic acids is 1. The Labute approximate surface area is 199 Å². The number of nitrogens with one attached hydrogen (secondary N) is 1. The van der Waals surface area contributed by atoms with Crippen LogP contribution >= 0.6 is 0 Å². The summed E-state index contributed by atoms with van der Waals surface area (Å²) in [5, 5.41) is 12.4. The molecule has 6 heteroatoms. The molecule has 5 nitrogen and oxygen atoms in total. The number of rotatable bonds is 12. The van der Waals surface area contributed by atoms with Crippen molar-refractivity contribution < 1.29 is 19.1 Å². The molecular weight excluding hydrogens is 430 g/mol. The Hall–Kier alpha value is -2.44. The molecule has 2 rings (SSSR count). The van der Waals surface area contributed by atoms with Crippen molar-refractivity contribution in [2.24, 2.45) is 0 Å². The van der Waals surface area contributed by atoms with Gasteiger partial charge in [-0.25, -0.2) is 0 Å². The van der Waals surface area contributed by atoms with Gasteiger partial charge in [0.1, 0.15) is 0 Å². The van der Waals surface area contributed by atoms with Gasteiger partial charge in [0.15, 0.2) is 8.32 Å². The molecule has 180 valence electrons. The van der Waals surface area contributed by atoms with Crippen molar-refractivity contribution in [1.29, 1.82) is 0 Å². The van der Waals surface area contributed by atoms with Crippen LogP contribution in [-0.4, -0.2) is 38.5 Å². The van der Waals surface area contributed by atoms with Gasteiger partial charge in [-0.05, 0) is 46.3 Å². The second kappa shape index (κ2) is 12.1. The van der Waals surface area contributed by atoms with E-state index < -0.39 is 20.2 Å². The molecule has 0 saturated heterocycles. The van der Waals surface area contributed by atoms with Crippen LogP contribution in [0.2, 0.25) is 16.6 Å². The second-order valence-electron chi connectivity index (χ2n) is 9.62. The van der Waals surface area contributed by atoms with Gasteiger partial charge in [-0.1, -0.05) is 84.0 Å². The summed E-state index contributed by atoms with van der Waals surface area (Å²) in [6, 6.07) is 16.4. The lowest BCUT2D eigenvalue weighted by atomic mass is 9.97. The molecule has 2 aromatic rings. The number of hydrogen-bond acceptors (Lipinski definition) is 3. The number of carboxylic acids is 1. The lowest BCUT2D eigenvalue weighted by molar-refractivity contribution is -0.138. The summed E-state index contributed by atoms with van der Waals surface area (Å²) >= 11 is 0. The van der Waals surface area contributed by atoms with E-state index in [9.17, 15) is 14.7 Å². The molecule has 1 unspecified atom stereocenters. The number of carbonyl (C=O) groups is 2. The van der Waals surface area contributed by atoms with Gasteiger partial charge in [0.05, 0.1) is 5.92 Å². The number of amides is 1. The van der Waals surface area contributed by atoms with Gasteiger partial charge in [0.2, 0.25) is 0 Å². The minimum Gasteiger partial charge on any atom is -0.481 e. The topological polar surface area (TPSA) is 75.6 Å². The Balaban J connectivity index is 2.00. The lowest BCUT2D eigenvalue weighted by Crippen LogP contribution is -2.48. The quantitative estimate of drug-likeness (QED) is 0.373. The van der Waals surface area contributed by atoms with E-state index in [2.05, 4.69) is 46.9 Å². The fourth-order valence-electron chi connectivity index (χ4n) is 5.00. The van der Waals surface area contributed by atoms with E-state index in [-0.39, 0.29) is 12.5 Å². The molecule has 0 radical (unpaired) electrons. The molecule has 0 aliphatic carbocycles. The summed E-state index contributed by atoms with van der Waals surface area (Å²) < 4.78 is 6.64. The molecule has 0 aliphatic heterocycles. The highest BCUT2D eigenvalue weighted by Gasteiger charge is 2.44. The summed E-state index contributed by atoms with van der Waals surface area (Å²) in [5.74, 6) is -2.03. The van der Waals surface area contributed by atoms with Crippen LogP contribution in [0.4, 0.5) is 0 Å². The van der Waals surface area contributed by atoms with Crippen molar-refractivity contribution >= 4 is 20.2 Å². The van der Waals surface area contributed by atoms with E-state index in [1.54, 1.807) is 24.3 Å². The van der Waals surface area contributed by atoms with Crippen molar-refractivity contribution in [2.45, 2.75) is 70.5 Å². The average Bonchev–Trinajstić information content (AvgIpc) is 2.77. The van der Waals surface area contributed by atoms with Gasteiger partial charge >= 0.3 is 5.97 Å². The molecule has 1 amide bonds. The van der Waals surface area contributed by atoms with E-state index in [4.69, 9.17) is 4.43 Å². The Morgan fingerprint density at radius 3 is 1.91 bits per heavy atom. The van der Waals surface area contributed by atoms with Crippen LogP contribution < -0.4 is 5.32 Å². The maximum absolute atomic E-state index is 12.3. The molecule has 2 N–H and O–H groups in total. The molecule has 0 aromatic heterocycles. The molecule has 0 heterocycles. The van der Waals surface area contributed by atoms with Crippen molar-refractivity contribution in [3.63, 3.8) is 0 Å². The largest absolute Gasteiger partial charge is 0.481 e. The third kappa shape index (κ3) is 6.78. The monoisotopic (exact) mass is 469 g/mol. The van der Waals surface area contributed by atoms with Crippen LogP contribution in [0, 0.1) is 0 Å². The zero-order chi connectivity index (χ0) is 24.6. The zero-order valence-corrected chi connectivity index (χ0v) is 21.8. The van der Waals surface area contributed by atoms with Crippen LogP contribution in [-0.2, 0) is 15.6 Å². The minimum absolute atomic E-state index is 0.0385. The predicted molar refractivity (Wildman–Crippen MR) is 136 cm³/mol. The highest BCUT2D eigenvalue weighted by molar-refractivity contribution is 6.77. The van der Waals surface area contributed by atoms with Crippen LogP contribution in [0.15, 0.2) is 54.6 Å². The molecule has 1 atom stereocenters. The fourth-order valence-corrected chi connectivity index (χ4v) is 10.5. The first kappa shape index (κ1) is 26.8.